The number of amides is 2. The normalized spacial score (nSPS) is 27.1. The first kappa shape index (κ1) is 10.7. The highest BCUT2D eigenvalue weighted by Crippen LogP contribution is 2.19. The molecule has 1 atom stereocenters. The van der Waals surface area contributed by atoms with Crippen LogP contribution in [0.2, 0.25) is 0 Å². The van der Waals surface area contributed by atoms with Crippen molar-refractivity contribution in [3.8, 4) is 0 Å². The first-order chi connectivity index (χ1) is 7.31. The number of carbonyl (C=O) groups excluding carboxylic acids is 1. The molecule has 2 fully saturated rings. The minimum atomic E-state index is 0.186. The van der Waals surface area contributed by atoms with E-state index in [9.17, 15) is 4.79 Å². The van der Waals surface area contributed by atoms with Crippen LogP contribution in [-0.4, -0.2) is 53.7 Å². The van der Waals surface area contributed by atoms with Gasteiger partial charge in [-0.25, -0.2) is 4.79 Å². The van der Waals surface area contributed by atoms with Gasteiger partial charge in [-0.05, 0) is 31.6 Å². The van der Waals surface area contributed by atoms with Crippen LogP contribution < -0.4 is 0 Å². The third-order valence-electron chi connectivity index (χ3n) is 3.42. The third-order valence-corrected chi connectivity index (χ3v) is 3.42. The summed E-state index contributed by atoms with van der Waals surface area (Å²) >= 11 is 0. The van der Waals surface area contributed by atoms with Crippen LogP contribution in [-0.2, 0) is 0 Å². The summed E-state index contributed by atoms with van der Waals surface area (Å²) in [6, 6.07) is 0.186. The molecule has 0 bridgehead atoms. The minimum absolute atomic E-state index is 0.186. The summed E-state index contributed by atoms with van der Waals surface area (Å²) in [4.78, 5) is 15.9. The van der Waals surface area contributed by atoms with E-state index in [2.05, 4.69) is 0 Å². The van der Waals surface area contributed by atoms with Crippen molar-refractivity contribution in [2.45, 2.75) is 25.7 Å². The lowest BCUT2D eigenvalue weighted by atomic mass is 9.99. The van der Waals surface area contributed by atoms with Crippen LogP contribution >= 0.6 is 0 Å². The number of hydrogen-bond acceptors (Lipinski definition) is 2. The van der Waals surface area contributed by atoms with Crippen molar-refractivity contribution >= 4 is 6.03 Å². The summed E-state index contributed by atoms with van der Waals surface area (Å²) in [5, 5.41) is 9.10. The quantitative estimate of drug-likeness (QED) is 0.702. The Balaban J connectivity index is 1.88. The predicted octanol–water partition coefficient (Wildman–Crippen LogP) is 0.907. The van der Waals surface area contributed by atoms with Gasteiger partial charge in [-0.15, -0.1) is 0 Å². The maximum atomic E-state index is 12.0. The molecule has 4 heteroatoms. The van der Waals surface area contributed by atoms with Crippen LogP contribution in [0.25, 0.3) is 0 Å². The Morgan fingerprint density at radius 2 is 1.80 bits per heavy atom. The van der Waals surface area contributed by atoms with E-state index in [0.29, 0.717) is 5.92 Å². The lowest BCUT2D eigenvalue weighted by Crippen LogP contribution is -2.47. The van der Waals surface area contributed by atoms with E-state index in [1.54, 1.807) is 0 Å². The minimum Gasteiger partial charge on any atom is -0.396 e. The Labute approximate surface area is 90.9 Å². The summed E-state index contributed by atoms with van der Waals surface area (Å²) in [6.45, 7) is 3.65. The van der Waals surface area contributed by atoms with E-state index in [1.165, 1.54) is 0 Å². The molecule has 86 valence electrons. The second-order valence-electron chi connectivity index (χ2n) is 4.61. The van der Waals surface area contributed by atoms with Gasteiger partial charge >= 0.3 is 6.03 Å². The lowest BCUT2D eigenvalue weighted by Gasteiger charge is -2.34. The lowest BCUT2D eigenvalue weighted by molar-refractivity contribution is 0.111. The maximum Gasteiger partial charge on any atom is 0.320 e. The van der Waals surface area contributed by atoms with Crippen molar-refractivity contribution in [3.05, 3.63) is 0 Å². The van der Waals surface area contributed by atoms with E-state index < -0.39 is 0 Å². The van der Waals surface area contributed by atoms with Crippen LogP contribution in [0.5, 0.6) is 0 Å². The third kappa shape index (κ3) is 2.43. The van der Waals surface area contributed by atoms with Gasteiger partial charge in [-0.1, -0.05) is 0 Å². The molecular weight excluding hydrogens is 192 g/mol. The zero-order valence-corrected chi connectivity index (χ0v) is 9.19. The van der Waals surface area contributed by atoms with E-state index in [4.69, 9.17) is 5.11 Å². The molecule has 0 aromatic heterocycles. The summed E-state index contributed by atoms with van der Waals surface area (Å²) in [7, 11) is 0. The number of hydrogen-bond donors (Lipinski definition) is 1. The molecule has 0 aromatic carbocycles. The molecule has 0 aromatic rings. The largest absolute Gasteiger partial charge is 0.396 e. The Hall–Kier alpha value is -0.770. The van der Waals surface area contributed by atoms with Gasteiger partial charge in [-0.2, -0.15) is 0 Å². The Morgan fingerprint density at radius 1 is 1.13 bits per heavy atom. The fraction of sp³-hybridized carbons (Fsp3) is 0.909. The zero-order chi connectivity index (χ0) is 10.7. The number of urea groups is 1. The summed E-state index contributed by atoms with van der Waals surface area (Å²) in [5.74, 6) is 0.297. The predicted molar refractivity (Wildman–Crippen MR) is 57.6 cm³/mol. The maximum absolute atomic E-state index is 12.0. The van der Waals surface area contributed by atoms with Crippen molar-refractivity contribution in [1.29, 1.82) is 0 Å². The number of rotatable bonds is 1. The molecule has 4 nitrogen and oxygen atoms in total. The van der Waals surface area contributed by atoms with Crippen LogP contribution in [0.1, 0.15) is 25.7 Å². The number of piperidine rings is 1. The van der Waals surface area contributed by atoms with Crippen molar-refractivity contribution in [2.75, 3.05) is 32.8 Å². The van der Waals surface area contributed by atoms with E-state index in [-0.39, 0.29) is 12.6 Å². The zero-order valence-electron chi connectivity index (χ0n) is 9.19. The van der Waals surface area contributed by atoms with Gasteiger partial charge < -0.3 is 14.9 Å². The second kappa shape index (κ2) is 4.84. The second-order valence-corrected chi connectivity index (χ2v) is 4.61. The highest BCUT2D eigenvalue weighted by molar-refractivity contribution is 5.74. The summed E-state index contributed by atoms with van der Waals surface area (Å²) in [6.07, 6.45) is 4.37. The molecule has 0 aliphatic carbocycles. The molecule has 2 aliphatic heterocycles. The number of nitrogens with zero attached hydrogens (tertiary/aromatic N) is 2. The average Bonchev–Trinajstić information content (AvgIpc) is 2.81. The SMILES string of the molecule is O=C(N1CCCC1)N1CCCC(CO)C1. The number of aliphatic hydroxyl groups excluding tert-OH is 1. The van der Waals surface area contributed by atoms with Crippen molar-refractivity contribution in [2.24, 2.45) is 5.92 Å². The van der Waals surface area contributed by atoms with Crippen LogP contribution in [0.15, 0.2) is 0 Å². The van der Waals surface area contributed by atoms with Crippen molar-refractivity contribution in [3.63, 3.8) is 0 Å². The Bertz CT molecular complexity index is 227. The van der Waals surface area contributed by atoms with Crippen LogP contribution in [0, 0.1) is 5.92 Å². The monoisotopic (exact) mass is 212 g/mol. The number of likely N-dealkylation sites (tertiary alicyclic amines) is 2. The molecule has 0 spiro atoms. The molecule has 1 unspecified atom stereocenters. The molecule has 0 saturated carbocycles. The molecular formula is C11H20N2O2. The highest BCUT2D eigenvalue weighted by Gasteiger charge is 2.27. The van der Waals surface area contributed by atoms with Gasteiger partial charge in [0.1, 0.15) is 0 Å². The number of carbonyl (C=O) groups is 1. The molecule has 2 saturated heterocycles. The molecule has 15 heavy (non-hydrogen) atoms. The molecule has 0 radical (unpaired) electrons. The van der Waals surface area contributed by atoms with Crippen molar-refractivity contribution in [1.82, 2.24) is 9.80 Å². The molecule has 2 heterocycles. The Kier molecular flexibility index (Phi) is 3.46. The van der Waals surface area contributed by atoms with E-state index >= 15 is 0 Å². The van der Waals surface area contributed by atoms with Crippen molar-refractivity contribution < 1.29 is 9.90 Å². The standard InChI is InChI=1S/C11H20N2O2/c14-9-10-4-3-7-13(8-10)11(15)12-5-1-2-6-12/h10,14H,1-9H2. The van der Waals surface area contributed by atoms with E-state index in [0.717, 1.165) is 51.9 Å². The Morgan fingerprint density at radius 3 is 2.47 bits per heavy atom. The van der Waals surface area contributed by atoms with Gasteiger partial charge in [0.15, 0.2) is 0 Å². The molecule has 2 aliphatic rings. The van der Waals surface area contributed by atoms with Gasteiger partial charge in [-0.3, -0.25) is 0 Å². The first-order valence-corrected chi connectivity index (χ1v) is 5.96. The molecule has 2 rings (SSSR count). The molecule has 1 N–H and O–H groups in total. The average molecular weight is 212 g/mol. The fourth-order valence-corrected chi connectivity index (χ4v) is 2.50. The van der Waals surface area contributed by atoms with Gasteiger partial charge in [0, 0.05) is 32.8 Å². The highest BCUT2D eigenvalue weighted by atomic mass is 16.3. The van der Waals surface area contributed by atoms with Gasteiger partial charge in [0.25, 0.3) is 0 Å². The van der Waals surface area contributed by atoms with Gasteiger partial charge in [0.2, 0.25) is 0 Å². The summed E-state index contributed by atoms with van der Waals surface area (Å²) < 4.78 is 0. The number of aliphatic hydroxyl groups is 1. The smallest absolute Gasteiger partial charge is 0.320 e. The van der Waals surface area contributed by atoms with Crippen LogP contribution in [0.3, 0.4) is 0 Å². The summed E-state index contributed by atoms with van der Waals surface area (Å²) in [5.41, 5.74) is 0. The molecule has 2 amide bonds. The van der Waals surface area contributed by atoms with Crippen LogP contribution in [0.4, 0.5) is 4.79 Å². The van der Waals surface area contributed by atoms with E-state index in [1.807, 2.05) is 9.80 Å². The first-order valence-electron chi connectivity index (χ1n) is 5.96. The topological polar surface area (TPSA) is 43.8 Å². The van der Waals surface area contributed by atoms with Gasteiger partial charge in [0.05, 0.1) is 0 Å². The fourth-order valence-electron chi connectivity index (χ4n) is 2.50.